The highest BCUT2D eigenvalue weighted by molar-refractivity contribution is 5.67. The molecule has 6 nitrogen and oxygen atoms in total. The molecule has 0 unspecified atom stereocenters. The third kappa shape index (κ3) is 16.0. The summed E-state index contributed by atoms with van der Waals surface area (Å²) in [5, 5.41) is 38.8. The zero-order valence-corrected chi connectivity index (χ0v) is 31.0. The second-order valence-corrected chi connectivity index (χ2v) is 14.9. The third-order valence-electron chi connectivity index (χ3n) is 6.83. The number of phenolic OH excluding ortho intramolecular Hbond substituents is 2. The zero-order valence-electron chi connectivity index (χ0n) is 31.0. The number of aromatic hydroxyl groups is 2. The van der Waals surface area contributed by atoms with E-state index in [4.69, 9.17) is 10.2 Å². The largest absolute Gasteiger partial charge is 0.507 e. The summed E-state index contributed by atoms with van der Waals surface area (Å²) in [5.74, 6) is -0.923. The van der Waals surface area contributed by atoms with Crippen molar-refractivity contribution >= 4 is 11.9 Å². The third-order valence-corrected chi connectivity index (χ3v) is 6.83. The van der Waals surface area contributed by atoms with E-state index in [1.165, 1.54) is 0 Å². The van der Waals surface area contributed by atoms with Crippen LogP contribution in [0.5, 0.6) is 11.5 Å². The van der Waals surface area contributed by atoms with E-state index in [0.717, 1.165) is 33.4 Å². The van der Waals surface area contributed by atoms with Gasteiger partial charge in [-0.15, -0.1) is 39.5 Å². The lowest BCUT2D eigenvalue weighted by atomic mass is 9.78. The van der Waals surface area contributed by atoms with Crippen molar-refractivity contribution in [3.63, 3.8) is 0 Å². The maximum absolute atomic E-state index is 10.8. The minimum absolute atomic E-state index is 0.109. The Morgan fingerprint density at radius 2 is 0.652 bits per heavy atom. The van der Waals surface area contributed by atoms with E-state index in [1.807, 2.05) is 24.3 Å². The molecule has 2 aromatic rings. The van der Waals surface area contributed by atoms with Crippen molar-refractivity contribution in [1.29, 1.82) is 0 Å². The van der Waals surface area contributed by atoms with E-state index in [-0.39, 0.29) is 34.5 Å². The predicted octanol–water partition coefficient (Wildman–Crippen LogP) is 10.4. The van der Waals surface area contributed by atoms with Crippen LogP contribution in [0.1, 0.15) is 129 Å². The monoisotopic (exact) mass is 640 g/mol. The lowest BCUT2D eigenvalue weighted by Crippen LogP contribution is -2.18. The molecule has 6 heteroatoms. The molecule has 260 valence electrons. The lowest BCUT2D eigenvalue weighted by Gasteiger charge is -2.28. The van der Waals surface area contributed by atoms with Gasteiger partial charge in [-0.25, -0.2) is 0 Å². The molecule has 0 spiro atoms. The number of hydrogen-bond donors (Lipinski definition) is 4. The van der Waals surface area contributed by atoms with Crippen LogP contribution in [-0.4, -0.2) is 32.4 Å². The number of aryl methyl sites for hydroxylation is 2. The molecule has 4 N–H and O–H groups in total. The summed E-state index contributed by atoms with van der Waals surface area (Å²) in [4.78, 5) is 21.5. The molecule has 46 heavy (non-hydrogen) atoms. The van der Waals surface area contributed by atoms with E-state index in [2.05, 4.69) is 123 Å². The zero-order chi connectivity index (χ0) is 37.4. The fraction of sp³-hybridized carbons (Fsp3) is 0.500. The van der Waals surface area contributed by atoms with E-state index >= 15 is 0 Å². The summed E-state index contributed by atoms with van der Waals surface area (Å²) in [6.45, 7) is 42.6. The predicted molar refractivity (Wildman–Crippen MR) is 197 cm³/mol. The van der Waals surface area contributed by atoms with Gasteiger partial charge in [0.25, 0.3) is 0 Å². The van der Waals surface area contributed by atoms with Crippen molar-refractivity contribution in [2.75, 3.05) is 0 Å². The Balaban J connectivity index is -0.000000691. The van der Waals surface area contributed by atoms with Crippen LogP contribution in [0.25, 0.3) is 0 Å². The van der Waals surface area contributed by atoms with Crippen LogP contribution in [0.2, 0.25) is 0 Å². The summed E-state index contributed by atoms with van der Waals surface area (Å²) >= 11 is 0. The van der Waals surface area contributed by atoms with Gasteiger partial charge in [-0.1, -0.05) is 107 Å². The van der Waals surface area contributed by atoms with E-state index in [9.17, 15) is 19.8 Å². The van der Waals surface area contributed by atoms with Crippen molar-refractivity contribution in [3.8, 4) is 11.5 Å². The number of phenols is 2. The van der Waals surface area contributed by atoms with Gasteiger partial charge in [0.2, 0.25) is 0 Å². The molecular formula is C40H64O6. The summed E-state index contributed by atoms with van der Waals surface area (Å²) < 4.78 is 0. The number of aliphatic carboxylic acids is 2. The molecule has 0 aliphatic rings. The number of carbonyl (C=O) groups is 2. The summed E-state index contributed by atoms with van der Waals surface area (Å²) in [6, 6.07) is 7.75. The van der Waals surface area contributed by atoms with E-state index in [0.29, 0.717) is 24.3 Å². The van der Waals surface area contributed by atoms with Gasteiger partial charge in [0, 0.05) is 12.8 Å². The Kier molecular flexibility index (Phi) is 19.9. The lowest BCUT2D eigenvalue weighted by molar-refractivity contribution is -0.138. The Hall–Kier alpha value is -3.80. The fourth-order valence-corrected chi connectivity index (χ4v) is 4.47. The summed E-state index contributed by atoms with van der Waals surface area (Å²) in [5.41, 5.74) is 4.76. The van der Waals surface area contributed by atoms with Crippen LogP contribution >= 0.6 is 0 Å². The molecule has 0 aliphatic carbocycles. The Morgan fingerprint density at radius 3 is 0.783 bits per heavy atom. The van der Waals surface area contributed by atoms with Crippen LogP contribution < -0.4 is 0 Å². The van der Waals surface area contributed by atoms with Crippen LogP contribution in [0.3, 0.4) is 0 Å². The highest BCUT2D eigenvalue weighted by atomic mass is 16.4. The van der Waals surface area contributed by atoms with Crippen LogP contribution in [0, 0.1) is 0 Å². The highest BCUT2D eigenvalue weighted by Gasteiger charge is 2.27. The average Bonchev–Trinajstić information content (AvgIpc) is 2.93. The van der Waals surface area contributed by atoms with Crippen LogP contribution in [0.15, 0.2) is 63.7 Å². The maximum Gasteiger partial charge on any atom is 0.303 e. The average molecular weight is 641 g/mol. The first-order valence-electron chi connectivity index (χ1n) is 15.5. The second kappa shape index (κ2) is 19.7. The second-order valence-electron chi connectivity index (χ2n) is 14.9. The first-order valence-corrected chi connectivity index (χ1v) is 15.5. The van der Waals surface area contributed by atoms with Gasteiger partial charge < -0.3 is 20.4 Å². The molecule has 2 rings (SSSR count). The van der Waals surface area contributed by atoms with Gasteiger partial charge in [-0.3, -0.25) is 9.59 Å². The Bertz CT molecular complexity index is 1070. The van der Waals surface area contributed by atoms with Gasteiger partial charge in [-0.05, 0) is 67.9 Å². The number of carboxylic acids is 2. The molecule has 0 saturated carbocycles. The molecule has 2 aromatic carbocycles. The first kappa shape index (κ1) is 46.6. The van der Waals surface area contributed by atoms with Gasteiger partial charge in [0.05, 0.1) is 0 Å². The molecule has 0 saturated heterocycles. The molecular weight excluding hydrogens is 576 g/mol. The molecule has 0 aromatic heterocycles. The number of carboxylic acid groups (broad SMARTS) is 2. The smallest absolute Gasteiger partial charge is 0.303 e. The van der Waals surface area contributed by atoms with E-state index < -0.39 is 11.9 Å². The minimum atomic E-state index is -0.798. The number of hydrogen-bond acceptors (Lipinski definition) is 4. The molecule has 0 bridgehead atoms. The molecule has 0 atom stereocenters. The van der Waals surface area contributed by atoms with Gasteiger partial charge in [0.1, 0.15) is 11.5 Å². The summed E-state index contributed by atoms with van der Waals surface area (Å²) in [7, 11) is 0. The molecule has 0 heterocycles. The Labute approximate surface area is 280 Å². The fourth-order valence-electron chi connectivity index (χ4n) is 4.47. The molecule has 0 amide bonds. The van der Waals surface area contributed by atoms with Crippen molar-refractivity contribution in [3.05, 3.63) is 97.1 Å². The van der Waals surface area contributed by atoms with E-state index in [1.54, 1.807) is 0 Å². The Morgan fingerprint density at radius 1 is 0.478 bits per heavy atom. The quantitative estimate of drug-likeness (QED) is 0.234. The van der Waals surface area contributed by atoms with Crippen LogP contribution in [-0.2, 0) is 44.1 Å². The number of benzene rings is 2. The van der Waals surface area contributed by atoms with Gasteiger partial charge in [0.15, 0.2) is 0 Å². The van der Waals surface area contributed by atoms with Gasteiger partial charge in [-0.2, -0.15) is 0 Å². The number of rotatable bonds is 6. The molecule has 0 fully saturated rings. The topological polar surface area (TPSA) is 115 Å². The summed E-state index contributed by atoms with van der Waals surface area (Å²) in [6.07, 6.45) is 1.19. The first-order chi connectivity index (χ1) is 20.9. The van der Waals surface area contributed by atoms with Crippen LogP contribution in [0.4, 0.5) is 0 Å². The SMILES string of the molecule is C=C.C=C.C=C.CC(C)(C)c1cc(CCC(=O)O)cc(C(C)(C)C)c1O.CC(C)(C)c1cc(CCC(=O)O)cc(C(C)(C)C)c1O. The highest BCUT2D eigenvalue weighted by Crippen LogP contribution is 2.41. The molecule has 0 aliphatic heterocycles. The normalized spacial score (nSPS) is 11.1. The maximum atomic E-state index is 10.8. The van der Waals surface area contributed by atoms with Gasteiger partial charge >= 0.3 is 11.9 Å². The molecule has 0 radical (unpaired) electrons. The van der Waals surface area contributed by atoms with Crippen molar-refractivity contribution in [1.82, 2.24) is 0 Å². The minimum Gasteiger partial charge on any atom is -0.507 e. The standard InChI is InChI=1S/2C17H26O3.3C2H4/c2*1-16(2,3)12-9-11(7-8-14(18)19)10-13(15(12)20)17(4,5)6;3*1-2/h2*9-10,20H,7-8H2,1-6H3,(H,18,19);3*1-2H2. The van der Waals surface area contributed by atoms with Crippen molar-refractivity contribution in [2.45, 2.75) is 130 Å². The van der Waals surface area contributed by atoms with Crippen molar-refractivity contribution < 1.29 is 30.0 Å². The van der Waals surface area contributed by atoms with Crippen molar-refractivity contribution in [2.24, 2.45) is 0 Å².